The highest BCUT2D eigenvalue weighted by Gasteiger charge is 2.11. The van der Waals surface area contributed by atoms with E-state index in [2.05, 4.69) is 10.3 Å². The molecular weight excluding hydrogens is 402 g/mol. The van der Waals surface area contributed by atoms with Crippen molar-refractivity contribution in [3.8, 4) is 22.8 Å². The van der Waals surface area contributed by atoms with Gasteiger partial charge in [-0.3, -0.25) is 20.2 Å². The predicted octanol–water partition coefficient (Wildman–Crippen LogP) is 4.45. The number of amides is 1. The zero-order valence-electron chi connectivity index (χ0n) is 14.9. The molecule has 0 fully saturated rings. The van der Waals surface area contributed by atoms with Crippen molar-refractivity contribution in [1.29, 1.82) is 0 Å². The van der Waals surface area contributed by atoms with Gasteiger partial charge in [0.05, 0.1) is 24.8 Å². The minimum Gasteiger partial charge on any atom is -0.493 e. The molecule has 0 aliphatic heterocycles. The van der Waals surface area contributed by atoms with Crippen LogP contribution in [0.4, 0.5) is 10.1 Å². The molecule has 1 amide bonds. The summed E-state index contributed by atoms with van der Waals surface area (Å²) >= 11 is 2.29. The van der Waals surface area contributed by atoms with E-state index >= 15 is 0 Å². The van der Waals surface area contributed by atoms with E-state index in [1.165, 1.54) is 29.6 Å². The topological polar surface area (TPSA) is 104 Å². The lowest BCUT2D eigenvalue weighted by molar-refractivity contribution is -0.380. The van der Waals surface area contributed by atoms with Gasteiger partial charge in [0.25, 0.3) is 0 Å². The molecule has 2 aromatic heterocycles. The Morgan fingerprint density at radius 1 is 1.21 bits per heavy atom. The highest BCUT2D eigenvalue weighted by atomic mass is 32.1. The van der Waals surface area contributed by atoms with Crippen molar-refractivity contribution in [2.45, 2.75) is 0 Å². The molecule has 0 spiro atoms. The summed E-state index contributed by atoms with van der Waals surface area (Å²) in [6.07, 6.45) is 2.84. The molecule has 0 saturated carbocycles. The fourth-order valence-corrected chi connectivity index (χ4v) is 3.74. The van der Waals surface area contributed by atoms with Crippen LogP contribution < -0.4 is 14.8 Å². The van der Waals surface area contributed by atoms with Crippen LogP contribution in [0.2, 0.25) is 0 Å². The number of aromatic nitrogens is 1. The summed E-state index contributed by atoms with van der Waals surface area (Å²) in [7, 11) is 3.12. The number of thiophene rings is 1. The van der Waals surface area contributed by atoms with Crippen LogP contribution in [-0.2, 0) is 4.79 Å². The Labute approximate surface area is 168 Å². The molecule has 28 heavy (non-hydrogen) atoms. The Kier molecular flexibility index (Phi) is 6.02. The monoisotopic (exact) mass is 417 g/mol. The summed E-state index contributed by atoms with van der Waals surface area (Å²) < 4.78 is 10.5. The molecule has 0 aliphatic rings. The van der Waals surface area contributed by atoms with Crippen LogP contribution in [0.5, 0.6) is 11.5 Å². The van der Waals surface area contributed by atoms with Gasteiger partial charge in [0.15, 0.2) is 16.6 Å². The van der Waals surface area contributed by atoms with Crippen LogP contribution in [0.15, 0.2) is 41.8 Å². The highest BCUT2D eigenvalue weighted by Crippen LogP contribution is 2.33. The number of hydrogen-bond acceptors (Lipinski definition) is 8. The summed E-state index contributed by atoms with van der Waals surface area (Å²) in [6.45, 7) is 0. The number of nitro groups is 1. The molecule has 0 radical (unpaired) electrons. The van der Waals surface area contributed by atoms with Crippen LogP contribution in [-0.4, -0.2) is 30.0 Å². The van der Waals surface area contributed by atoms with Crippen molar-refractivity contribution < 1.29 is 19.2 Å². The second kappa shape index (κ2) is 8.63. The number of carbonyl (C=O) groups excluding carboxylic acids is 1. The highest BCUT2D eigenvalue weighted by molar-refractivity contribution is 7.16. The summed E-state index contributed by atoms with van der Waals surface area (Å²) in [4.78, 5) is 27.3. The summed E-state index contributed by atoms with van der Waals surface area (Å²) in [5.41, 5.74) is 1.52. The first kappa shape index (κ1) is 19.5. The standard InChI is InChI=1S/C18H15N3O5S2/c1-25-14-6-3-11(9-15(14)26-2)13-10-27-18(19-13)20-16(22)7-4-12-5-8-17(28-12)21(23)24/h3-10H,1-2H3,(H,19,20,22)/b7-4+. The number of rotatable bonds is 7. The molecule has 0 aliphatic carbocycles. The Hall–Kier alpha value is -3.24. The molecule has 0 saturated heterocycles. The largest absolute Gasteiger partial charge is 0.493 e. The van der Waals surface area contributed by atoms with Crippen molar-refractivity contribution >= 4 is 44.8 Å². The lowest BCUT2D eigenvalue weighted by Crippen LogP contribution is -2.07. The zero-order valence-corrected chi connectivity index (χ0v) is 16.5. The molecule has 2 heterocycles. The van der Waals surface area contributed by atoms with Gasteiger partial charge in [-0.2, -0.15) is 0 Å². The van der Waals surface area contributed by atoms with E-state index in [0.29, 0.717) is 27.2 Å². The van der Waals surface area contributed by atoms with Crippen molar-refractivity contribution in [2.24, 2.45) is 0 Å². The molecular formula is C18H15N3O5S2. The molecule has 3 rings (SSSR count). The third-order valence-electron chi connectivity index (χ3n) is 3.61. The number of hydrogen-bond donors (Lipinski definition) is 1. The third kappa shape index (κ3) is 4.53. The van der Waals surface area contributed by atoms with Crippen LogP contribution in [0.25, 0.3) is 17.3 Å². The van der Waals surface area contributed by atoms with Gasteiger partial charge in [0, 0.05) is 28.0 Å². The van der Waals surface area contributed by atoms with E-state index < -0.39 is 4.92 Å². The molecule has 8 nitrogen and oxygen atoms in total. The minimum absolute atomic E-state index is 0.0274. The van der Waals surface area contributed by atoms with E-state index in [-0.39, 0.29) is 10.9 Å². The summed E-state index contributed by atoms with van der Waals surface area (Å²) in [6, 6.07) is 8.44. The SMILES string of the molecule is COc1ccc(-c2csc(NC(=O)/C=C/c3ccc([N+](=O)[O-])s3)n2)cc1OC. The third-order valence-corrected chi connectivity index (χ3v) is 5.37. The van der Waals surface area contributed by atoms with Crippen LogP contribution in [0.1, 0.15) is 4.88 Å². The number of carbonyl (C=O) groups is 1. The van der Waals surface area contributed by atoms with Gasteiger partial charge >= 0.3 is 5.00 Å². The van der Waals surface area contributed by atoms with Gasteiger partial charge in [-0.05, 0) is 30.3 Å². The van der Waals surface area contributed by atoms with Gasteiger partial charge in [-0.1, -0.05) is 11.3 Å². The zero-order chi connectivity index (χ0) is 20.1. The fraction of sp³-hybridized carbons (Fsp3) is 0.111. The van der Waals surface area contributed by atoms with Crippen molar-refractivity contribution in [3.63, 3.8) is 0 Å². The number of methoxy groups -OCH3 is 2. The number of ether oxygens (including phenoxy) is 2. The van der Waals surface area contributed by atoms with Gasteiger partial charge < -0.3 is 9.47 Å². The van der Waals surface area contributed by atoms with Gasteiger partial charge in [-0.25, -0.2) is 4.98 Å². The van der Waals surface area contributed by atoms with Crippen molar-refractivity contribution in [2.75, 3.05) is 19.5 Å². The molecule has 0 unspecified atom stereocenters. The molecule has 3 aromatic rings. The van der Waals surface area contributed by atoms with E-state index in [1.54, 1.807) is 26.4 Å². The lowest BCUT2D eigenvalue weighted by atomic mass is 10.1. The number of nitrogens with zero attached hydrogens (tertiary/aromatic N) is 2. The maximum atomic E-state index is 12.1. The van der Waals surface area contributed by atoms with E-state index in [4.69, 9.17) is 9.47 Å². The fourth-order valence-electron chi connectivity index (χ4n) is 2.29. The molecule has 0 bridgehead atoms. The molecule has 10 heteroatoms. The average Bonchev–Trinajstić information content (AvgIpc) is 3.35. The molecule has 144 valence electrons. The van der Waals surface area contributed by atoms with Gasteiger partial charge in [0.1, 0.15) is 0 Å². The van der Waals surface area contributed by atoms with Crippen molar-refractivity contribution in [3.05, 3.63) is 56.8 Å². The number of anilines is 1. The summed E-state index contributed by atoms with van der Waals surface area (Å²) in [5, 5.41) is 15.7. The smallest absolute Gasteiger partial charge is 0.324 e. The first-order valence-corrected chi connectivity index (χ1v) is 9.61. The number of nitrogens with one attached hydrogen (secondary N) is 1. The van der Waals surface area contributed by atoms with E-state index in [0.717, 1.165) is 16.9 Å². The molecule has 1 aromatic carbocycles. The maximum absolute atomic E-state index is 12.1. The van der Waals surface area contributed by atoms with Crippen molar-refractivity contribution in [1.82, 2.24) is 4.98 Å². The first-order chi connectivity index (χ1) is 13.5. The average molecular weight is 417 g/mol. The van der Waals surface area contributed by atoms with E-state index in [9.17, 15) is 14.9 Å². The Morgan fingerprint density at radius 3 is 2.68 bits per heavy atom. The lowest BCUT2D eigenvalue weighted by Gasteiger charge is -2.08. The second-order valence-corrected chi connectivity index (χ2v) is 7.32. The minimum atomic E-state index is -0.465. The van der Waals surface area contributed by atoms with Crippen LogP contribution in [0.3, 0.4) is 0 Å². The van der Waals surface area contributed by atoms with E-state index in [1.807, 2.05) is 17.5 Å². The number of benzene rings is 1. The Bertz CT molecular complexity index is 1040. The Morgan fingerprint density at radius 2 is 2.00 bits per heavy atom. The number of thiazole rings is 1. The Balaban J connectivity index is 1.67. The molecule has 0 atom stereocenters. The van der Waals surface area contributed by atoms with Crippen LogP contribution in [0, 0.1) is 10.1 Å². The normalized spacial score (nSPS) is 10.8. The maximum Gasteiger partial charge on any atom is 0.324 e. The van der Waals surface area contributed by atoms with Crippen LogP contribution >= 0.6 is 22.7 Å². The molecule has 1 N–H and O–H groups in total. The first-order valence-electron chi connectivity index (χ1n) is 7.91. The predicted molar refractivity (Wildman–Crippen MR) is 109 cm³/mol. The summed E-state index contributed by atoms with van der Waals surface area (Å²) in [5.74, 6) is 0.838. The second-order valence-electron chi connectivity index (χ2n) is 5.36. The van der Waals surface area contributed by atoms with Gasteiger partial charge in [-0.15, -0.1) is 11.3 Å². The van der Waals surface area contributed by atoms with Gasteiger partial charge in [0.2, 0.25) is 5.91 Å². The quantitative estimate of drug-likeness (QED) is 0.346.